The molecule has 0 aromatic heterocycles. The van der Waals surface area contributed by atoms with Gasteiger partial charge in [0.05, 0.1) is 17.9 Å². The topological polar surface area (TPSA) is 52.6 Å². The lowest BCUT2D eigenvalue weighted by Gasteiger charge is -2.41. The van der Waals surface area contributed by atoms with E-state index in [-0.39, 0.29) is 30.1 Å². The fourth-order valence-corrected chi connectivity index (χ4v) is 5.69. The van der Waals surface area contributed by atoms with Crippen LogP contribution in [0.5, 0.6) is 0 Å². The summed E-state index contributed by atoms with van der Waals surface area (Å²) in [4.78, 5) is 25.7. The highest BCUT2D eigenvalue weighted by molar-refractivity contribution is 5.84. The molecule has 6 atom stereocenters. The molecule has 12 heteroatoms. The van der Waals surface area contributed by atoms with Crippen molar-refractivity contribution in [3.63, 3.8) is 0 Å². The lowest BCUT2D eigenvalue weighted by atomic mass is 9.64. The van der Waals surface area contributed by atoms with Gasteiger partial charge in [-0.2, -0.15) is 26.3 Å². The lowest BCUT2D eigenvalue weighted by Crippen LogP contribution is -2.59. The summed E-state index contributed by atoms with van der Waals surface area (Å²) in [5.74, 6) is -21.3. The van der Waals surface area contributed by atoms with E-state index >= 15 is 0 Å². The Morgan fingerprint density at radius 3 is 2.03 bits per heavy atom. The Balaban J connectivity index is 2.24. The Bertz CT molecular complexity index is 785. The van der Waals surface area contributed by atoms with Crippen molar-refractivity contribution in [3.8, 4) is 0 Å². The Kier molecular flexibility index (Phi) is 8.49. The normalized spacial score (nSPS) is 30.1. The van der Waals surface area contributed by atoms with Crippen molar-refractivity contribution in [1.82, 2.24) is 0 Å². The van der Waals surface area contributed by atoms with Gasteiger partial charge >= 0.3 is 36.1 Å². The summed E-state index contributed by atoms with van der Waals surface area (Å²) in [5.41, 5.74) is -1.66. The summed E-state index contributed by atoms with van der Waals surface area (Å²) >= 11 is 0. The molecule has 0 amide bonds. The summed E-state index contributed by atoms with van der Waals surface area (Å²) in [7, 11) is 0. The molecule has 2 fully saturated rings. The zero-order valence-electron chi connectivity index (χ0n) is 20.2. The van der Waals surface area contributed by atoms with E-state index in [1.165, 1.54) is 0 Å². The first-order valence-electron chi connectivity index (χ1n) is 11.6. The second-order valence-corrected chi connectivity index (χ2v) is 10.6. The number of esters is 2. The molecule has 2 rings (SSSR count). The average molecular weight is 524 g/mol. The van der Waals surface area contributed by atoms with Gasteiger partial charge in [0.25, 0.3) is 0 Å². The molecule has 204 valence electrons. The fourth-order valence-electron chi connectivity index (χ4n) is 5.69. The van der Waals surface area contributed by atoms with Gasteiger partial charge in [0, 0.05) is 0 Å². The molecule has 2 bridgehead atoms. The monoisotopic (exact) mass is 524 g/mol. The van der Waals surface area contributed by atoms with Gasteiger partial charge in [-0.3, -0.25) is 9.59 Å². The lowest BCUT2D eigenvalue weighted by molar-refractivity contribution is -0.344. The molecule has 0 aromatic rings. The number of alkyl halides is 8. The molecule has 2 aliphatic rings. The van der Waals surface area contributed by atoms with Crippen molar-refractivity contribution >= 4 is 11.9 Å². The fraction of sp³-hybridized carbons (Fsp3) is 0.913. The van der Waals surface area contributed by atoms with Crippen LogP contribution in [0.2, 0.25) is 0 Å². The van der Waals surface area contributed by atoms with E-state index in [0.717, 1.165) is 0 Å². The van der Waals surface area contributed by atoms with E-state index in [1.807, 2.05) is 20.8 Å². The summed E-state index contributed by atoms with van der Waals surface area (Å²) in [6.07, 6.45) is -5.11. The van der Waals surface area contributed by atoms with Crippen molar-refractivity contribution in [2.75, 3.05) is 6.61 Å². The SMILES string of the molecule is CC(C)CC(C)OC(=O)CC1(C(=O)OCC(F)(F)C(F)(F)C(F)(F)C(F)F)CC2CC1C(C)C2C. The van der Waals surface area contributed by atoms with Crippen molar-refractivity contribution in [1.29, 1.82) is 0 Å². The first-order chi connectivity index (χ1) is 15.8. The van der Waals surface area contributed by atoms with Crippen molar-refractivity contribution < 1.29 is 54.2 Å². The van der Waals surface area contributed by atoms with Crippen molar-refractivity contribution in [3.05, 3.63) is 0 Å². The number of carbonyl (C=O) groups is 2. The van der Waals surface area contributed by atoms with E-state index in [0.29, 0.717) is 12.8 Å². The highest BCUT2D eigenvalue weighted by Gasteiger charge is 2.76. The summed E-state index contributed by atoms with van der Waals surface area (Å²) in [6.45, 7) is 6.62. The number of rotatable bonds is 11. The van der Waals surface area contributed by atoms with E-state index < -0.39 is 66.6 Å². The molecule has 0 aliphatic heterocycles. The van der Waals surface area contributed by atoms with Gasteiger partial charge in [-0.15, -0.1) is 0 Å². The third-order valence-electron chi connectivity index (χ3n) is 7.64. The van der Waals surface area contributed by atoms with Crippen LogP contribution in [0, 0.1) is 35.0 Å². The largest absolute Gasteiger partial charge is 0.463 e. The predicted molar refractivity (Wildman–Crippen MR) is 108 cm³/mol. The summed E-state index contributed by atoms with van der Waals surface area (Å²) in [5, 5.41) is 0. The Hall–Kier alpha value is -1.62. The zero-order chi connectivity index (χ0) is 27.1. The van der Waals surface area contributed by atoms with Gasteiger partial charge in [0.15, 0.2) is 6.61 Å². The number of hydrogen-bond acceptors (Lipinski definition) is 4. The maximum Gasteiger partial charge on any atom is 0.381 e. The van der Waals surface area contributed by atoms with Crippen LogP contribution in [0.25, 0.3) is 0 Å². The van der Waals surface area contributed by atoms with Gasteiger partial charge in [-0.1, -0.05) is 27.7 Å². The first-order valence-corrected chi connectivity index (χ1v) is 11.6. The molecule has 0 saturated heterocycles. The van der Waals surface area contributed by atoms with Crippen LogP contribution in [0.3, 0.4) is 0 Å². The molecule has 6 unspecified atom stereocenters. The van der Waals surface area contributed by atoms with Gasteiger partial charge in [0.2, 0.25) is 0 Å². The highest BCUT2D eigenvalue weighted by Crippen LogP contribution is 2.63. The molecule has 2 aliphatic carbocycles. The highest BCUT2D eigenvalue weighted by atomic mass is 19.4. The molecular weight excluding hydrogens is 492 g/mol. The molecule has 0 heterocycles. The molecule has 0 N–H and O–H groups in total. The van der Waals surface area contributed by atoms with Crippen molar-refractivity contribution in [2.45, 2.75) is 90.6 Å². The molecule has 0 spiro atoms. The van der Waals surface area contributed by atoms with E-state index in [1.54, 1.807) is 13.8 Å². The number of fused-ring (bicyclic) bond motifs is 2. The summed E-state index contributed by atoms with van der Waals surface area (Å²) in [6, 6.07) is 0. The molecule has 2 saturated carbocycles. The van der Waals surface area contributed by atoms with Crippen LogP contribution in [-0.4, -0.2) is 48.8 Å². The predicted octanol–water partition coefficient (Wildman–Crippen LogP) is 6.37. The van der Waals surface area contributed by atoms with Crippen molar-refractivity contribution in [2.24, 2.45) is 35.0 Å². The molecule has 0 radical (unpaired) electrons. The number of halogens is 8. The van der Waals surface area contributed by atoms with Crippen LogP contribution in [0.1, 0.15) is 60.3 Å². The Morgan fingerprint density at radius 2 is 1.57 bits per heavy atom. The molecule has 0 aromatic carbocycles. The van der Waals surface area contributed by atoms with Crippen LogP contribution in [0.15, 0.2) is 0 Å². The van der Waals surface area contributed by atoms with Crippen LogP contribution < -0.4 is 0 Å². The second kappa shape index (κ2) is 10.0. The summed E-state index contributed by atoms with van der Waals surface area (Å²) < 4.78 is 116. The quantitative estimate of drug-likeness (QED) is 0.233. The third-order valence-corrected chi connectivity index (χ3v) is 7.64. The van der Waals surface area contributed by atoms with Crippen LogP contribution >= 0.6 is 0 Å². The van der Waals surface area contributed by atoms with Gasteiger partial charge in [0.1, 0.15) is 0 Å². The minimum absolute atomic E-state index is 0.0465. The molecule has 35 heavy (non-hydrogen) atoms. The molecular formula is C23H32F8O4. The number of ether oxygens (including phenoxy) is 2. The Morgan fingerprint density at radius 1 is 1.00 bits per heavy atom. The van der Waals surface area contributed by atoms with Crippen LogP contribution in [0.4, 0.5) is 35.1 Å². The minimum Gasteiger partial charge on any atom is -0.463 e. The van der Waals surface area contributed by atoms with Gasteiger partial charge in [-0.25, -0.2) is 8.78 Å². The maximum absolute atomic E-state index is 14.0. The number of hydrogen-bond donors (Lipinski definition) is 0. The van der Waals surface area contributed by atoms with Crippen LogP contribution in [-0.2, 0) is 19.1 Å². The van der Waals surface area contributed by atoms with E-state index in [9.17, 15) is 44.7 Å². The zero-order valence-corrected chi connectivity index (χ0v) is 20.2. The average Bonchev–Trinajstić information content (AvgIpc) is 3.21. The standard InChI is InChI=1S/C23H32F8O4/c1-11(2)6-12(3)35-17(32)9-20(8-15-7-16(20)14(5)13(15)4)19(33)34-10-21(26,27)23(30,31)22(28,29)18(24)25/h11-16,18H,6-10H2,1-5H3. The van der Waals surface area contributed by atoms with Gasteiger partial charge < -0.3 is 9.47 Å². The van der Waals surface area contributed by atoms with E-state index in [4.69, 9.17) is 4.74 Å². The Labute approximate surface area is 199 Å². The first kappa shape index (κ1) is 29.6. The molecule has 4 nitrogen and oxygen atoms in total. The third kappa shape index (κ3) is 5.40. The number of carbonyl (C=O) groups excluding carboxylic acids is 2. The smallest absolute Gasteiger partial charge is 0.381 e. The van der Waals surface area contributed by atoms with E-state index in [2.05, 4.69) is 4.74 Å². The maximum atomic E-state index is 14.0. The second-order valence-electron chi connectivity index (χ2n) is 10.6. The minimum atomic E-state index is -6.48. The van der Waals surface area contributed by atoms with Gasteiger partial charge in [-0.05, 0) is 55.8 Å².